The summed E-state index contributed by atoms with van der Waals surface area (Å²) in [5.74, 6) is -2.37. The second-order valence-electron chi connectivity index (χ2n) is 4.02. The third-order valence-electron chi connectivity index (χ3n) is 2.73. The standard InChI is InChI=1S/C13H11NO5S/c15-11(16)5-6-14-9(10-2-1-7-20-10)4-3-8(12(14)17)13(18)19/h1-4,7H,5-6H2,(H,15,16)(H,18,19). The van der Waals surface area contributed by atoms with Crippen molar-refractivity contribution in [1.29, 1.82) is 0 Å². The number of thiophene rings is 1. The summed E-state index contributed by atoms with van der Waals surface area (Å²) < 4.78 is 1.20. The van der Waals surface area contributed by atoms with Gasteiger partial charge in [-0.25, -0.2) is 4.79 Å². The van der Waals surface area contributed by atoms with Gasteiger partial charge < -0.3 is 14.8 Å². The third-order valence-corrected chi connectivity index (χ3v) is 3.62. The van der Waals surface area contributed by atoms with Gasteiger partial charge in [0.1, 0.15) is 5.56 Å². The molecule has 6 nitrogen and oxygen atoms in total. The van der Waals surface area contributed by atoms with Crippen LogP contribution in [-0.2, 0) is 11.3 Å². The molecule has 0 aliphatic heterocycles. The first-order valence-electron chi connectivity index (χ1n) is 5.73. The summed E-state index contributed by atoms with van der Waals surface area (Å²) in [5, 5.41) is 19.5. The lowest BCUT2D eigenvalue weighted by molar-refractivity contribution is -0.137. The van der Waals surface area contributed by atoms with Crippen molar-refractivity contribution in [3.05, 3.63) is 45.6 Å². The molecule has 7 heteroatoms. The fraction of sp³-hybridized carbons (Fsp3) is 0.154. The quantitative estimate of drug-likeness (QED) is 0.875. The number of carboxylic acid groups (broad SMARTS) is 2. The number of carboxylic acids is 2. The van der Waals surface area contributed by atoms with Crippen molar-refractivity contribution < 1.29 is 19.8 Å². The van der Waals surface area contributed by atoms with Gasteiger partial charge in [-0.2, -0.15) is 0 Å². The Morgan fingerprint density at radius 3 is 2.50 bits per heavy atom. The summed E-state index contributed by atoms with van der Waals surface area (Å²) in [6, 6.07) is 6.36. The fourth-order valence-corrected chi connectivity index (χ4v) is 2.57. The van der Waals surface area contributed by atoms with Crippen molar-refractivity contribution in [2.24, 2.45) is 0 Å². The number of pyridine rings is 1. The van der Waals surface area contributed by atoms with E-state index >= 15 is 0 Å². The predicted octanol–water partition coefficient (Wildman–Crippen LogP) is 1.75. The van der Waals surface area contributed by atoms with Crippen LogP contribution in [0.1, 0.15) is 16.8 Å². The van der Waals surface area contributed by atoms with Crippen molar-refractivity contribution in [3.8, 4) is 10.6 Å². The molecule has 2 aromatic heterocycles. The van der Waals surface area contributed by atoms with E-state index in [0.29, 0.717) is 5.69 Å². The summed E-state index contributed by atoms with van der Waals surface area (Å²) in [4.78, 5) is 34.6. The highest BCUT2D eigenvalue weighted by molar-refractivity contribution is 7.13. The van der Waals surface area contributed by atoms with Crippen LogP contribution in [0.25, 0.3) is 10.6 Å². The molecule has 0 amide bonds. The molecule has 0 aliphatic carbocycles. The molecule has 2 heterocycles. The molecule has 2 aromatic rings. The number of hydrogen-bond acceptors (Lipinski definition) is 4. The highest BCUT2D eigenvalue weighted by Crippen LogP contribution is 2.24. The molecular formula is C13H11NO5S. The van der Waals surface area contributed by atoms with Gasteiger partial charge in [0.2, 0.25) is 0 Å². The topological polar surface area (TPSA) is 96.6 Å². The van der Waals surface area contributed by atoms with E-state index < -0.39 is 17.5 Å². The SMILES string of the molecule is O=C(O)CCn1c(-c2cccs2)ccc(C(=O)O)c1=O. The lowest BCUT2D eigenvalue weighted by Crippen LogP contribution is -2.28. The zero-order valence-electron chi connectivity index (χ0n) is 10.3. The number of carbonyl (C=O) groups is 2. The van der Waals surface area contributed by atoms with Gasteiger partial charge in [0.05, 0.1) is 17.0 Å². The first-order valence-corrected chi connectivity index (χ1v) is 6.61. The molecule has 2 N–H and O–H groups in total. The van der Waals surface area contributed by atoms with E-state index in [-0.39, 0.29) is 18.5 Å². The molecule has 104 valence electrons. The summed E-state index contributed by atoms with van der Waals surface area (Å²) in [6.07, 6.45) is -0.249. The van der Waals surface area contributed by atoms with E-state index in [1.54, 1.807) is 12.1 Å². The number of nitrogens with zero attached hydrogens (tertiary/aromatic N) is 1. The lowest BCUT2D eigenvalue weighted by atomic mass is 10.2. The second-order valence-corrected chi connectivity index (χ2v) is 4.96. The van der Waals surface area contributed by atoms with E-state index in [4.69, 9.17) is 10.2 Å². The molecule has 0 aliphatic rings. The van der Waals surface area contributed by atoms with Crippen LogP contribution in [0.15, 0.2) is 34.4 Å². The second kappa shape index (κ2) is 5.70. The Morgan fingerprint density at radius 1 is 1.20 bits per heavy atom. The molecule has 0 bridgehead atoms. The van der Waals surface area contributed by atoms with Gasteiger partial charge in [-0.05, 0) is 23.6 Å². The monoisotopic (exact) mass is 293 g/mol. The highest BCUT2D eigenvalue weighted by Gasteiger charge is 2.16. The zero-order valence-corrected chi connectivity index (χ0v) is 11.1. The Morgan fingerprint density at radius 2 is 1.95 bits per heavy atom. The fourth-order valence-electron chi connectivity index (χ4n) is 1.81. The maximum absolute atomic E-state index is 12.1. The van der Waals surface area contributed by atoms with E-state index in [1.165, 1.54) is 28.0 Å². The number of aromatic carboxylic acids is 1. The molecule has 2 rings (SSSR count). The van der Waals surface area contributed by atoms with Gasteiger partial charge >= 0.3 is 11.9 Å². The molecule has 0 spiro atoms. The molecule has 0 aromatic carbocycles. The molecular weight excluding hydrogens is 282 g/mol. The van der Waals surface area contributed by atoms with E-state index in [9.17, 15) is 14.4 Å². The summed E-state index contributed by atoms with van der Waals surface area (Å²) in [7, 11) is 0. The van der Waals surface area contributed by atoms with Gasteiger partial charge in [0.15, 0.2) is 0 Å². The Labute approximate surface area is 117 Å². The van der Waals surface area contributed by atoms with E-state index in [0.717, 1.165) is 4.88 Å². The minimum Gasteiger partial charge on any atom is -0.481 e. The van der Waals surface area contributed by atoms with Crippen molar-refractivity contribution >= 4 is 23.3 Å². The predicted molar refractivity (Wildman–Crippen MR) is 73.2 cm³/mol. The van der Waals surface area contributed by atoms with Crippen LogP contribution in [0, 0.1) is 0 Å². The van der Waals surface area contributed by atoms with Crippen molar-refractivity contribution in [2.45, 2.75) is 13.0 Å². The van der Waals surface area contributed by atoms with Crippen molar-refractivity contribution in [1.82, 2.24) is 4.57 Å². The van der Waals surface area contributed by atoms with Crippen LogP contribution >= 0.6 is 11.3 Å². The van der Waals surface area contributed by atoms with Crippen LogP contribution < -0.4 is 5.56 Å². The largest absolute Gasteiger partial charge is 0.481 e. The van der Waals surface area contributed by atoms with Gasteiger partial charge in [-0.15, -0.1) is 11.3 Å². The van der Waals surface area contributed by atoms with Crippen molar-refractivity contribution in [2.75, 3.05) is 0 Å². The molecule has 0 saturated carbocycles. The Kier molecular flexibility index (Phi) is 3.99. The third kappa shape index (κ3) is 2.77. The van der Waals surface area contributed by atoms with Crippen LogP contribution in [0.2, 0.25) is 0 Å². The van der Waals surface area contributed by atoms with Crippen LogP contribution in [0.5, 0.6) is 0 Å². The highest BCUT2D eigenvalue weighted by atomic mass is 32.1. The molecule has 0 radical (unpaired) electrons. The maximum atomic E-state index is 12.1. The van der Waals surface area contributed by atoms with Crippen LogP contribution in [0.4, 0.5) is 0 Å². The molecule has 0 saturated heterocycles. The minimum atomic E-state index is -1.32. The number of aliphatic carboxylic acids is 1. The molecule has 20 heavy (non-hydrogen) atoms. The van der Waals surface area contributed by atoms with Crippen LogP contribution in [0.3, 0.4) is 0 Å². The van der Waals surface area contributed by atoms with Gasteiger partial charge in [0, 0.05) is 6.54 Å². The molecule has 0 unspecified atom stereocenters. The Bertz CT molecular complexity index is 702. The van der Waals surface area contributed by atoms with Crippen molar-refractivity contribution in [3.63, 3.8) is 0 Å². The minimum absolute atomic E-state index is 0.0669. The van der Waals surface area contributed by atoms with Gasteiger partial charge in [0.25, 0.3) is 5.56 Å². The Balaban J connectivity index is 2.57. The van der Waals surface area contributed by atoms with E-state index in [2.05, 4.69) is 0 Å². The zero-order chi connectivity index (χ0) is 14.7. The van der Waals surface area contributed by atoms with Gasteiger partial charge in [-0.3, -0.25) is 9.59 Å². The van der Waals surface area contributed by atoms with Gasteiger partial charge in [-0.1, -0.05) is 6.07 Å². The molecule has 0 atom stereocenters. The summed E-state index contributed by atoms with van der Waals surface area (Å²) in [6.45, 7) is -0.0669. The Hall–Kier alpha value is -2.41. The first-order chi connectivity index (χ1) is 9.50. The summed E-state index contributed by atoms with van der Waals surface area (Å²) >= 11 is 1.39. The normalized spacial score (nSPS) is 10.4. The lowest BCUT2D eigenvalue weighted by Gasteiger charge is -2.11. The average Bonchev–Trinajstić information content (AvgIpc) is 2.89. The first kappa shape index (κ1) is 14.0. The molecule has 0 fully saturated rings. The smallest absolute Gasteiger partial charge is 0.341 e. The number of rotatable bonds is 5. The van der Waals surface area contributed by atoms with E-state index in [1.807, 2.05) is 5.38 Å². The number of aromatic nitrogens is 1. The maximum Gasteiger partial charge on any atom is 0.341 e. The number of hydrogen-bond donors (Lipinski definition) is 2. The summed E-state index contributed by atoms with van der Waals surface area (Å²) in [5.41, 5.74) is -0.531. The average molecular weight is 293 g/mol. The van der Waals surface area contributed by atoms with Crippen LogP contribution in [-0.4, -0.2) is 26.7 Å².